The monoisotopic (exact) mass is 145 g/mol. The fourth-order valence-electron chi connectivity index (χ4n) is 0.925. The average Bonchev–Trinajstić information content (AvgIpc) is 2.38. The smallest absolute Gasteiger partial charge is 0.249 e. The third-order valence-electron chi connectivity index (χ3n) is 1.50. The molecular weight excluding hydrogens is 134 g/mol. The van der Waals surface area contributed by atoms with Gasteiger partial charge in [-0.2, -0.15) is 0 Å². The van der Waals surface area contributed by atoms with Crippen LogP contribution in [-0.2, 0) is 14.4 Å². The Balaban J connectivity index is 2.25. The molecular formula is C6H11NO3. The third-order valence-corrected chi connectivity index (χ3v) is 1.50. The van der Waals surface area contributed by atoms with Gasteiger partial charge in [0.05, 0.1) is 19.6 Å². The van der Waals surface area contributed by atoms with Crippen LogP contribution in [0.4, 0.5) is 0 Å². The number of amides is 1. The first-order valence-corrected chi connectivity index (χ1v) is 3.25. The molecule has 0 spiro atoms. The standard InChI is InChI=1S/C6H11NO3/c1-9-7-6(8)5-2-3-10-4-5/h5H,2-4H2,1H3,(H,7,8). The molecule has 1 unspecified atom stereocenters. The Morgan fingerprint density at radius 3 is 3.10 bits per heavy atom. The van der Waals surface area contributed by atoms with Crippen LogP contribution in [0, 0.1) is 5.92 Å². The highest BCUT2D eigenvalue weighted by atomic mass is 16.6. The van der Waals surface area contributed by atoms with Crippen molar-refractivity contribution in [2.45, 2.75) is 6.42 Å². The third kappa shape index (κ3) is 1.68. The Hall–Kier alpha value is -0.610. The summed E-state index contributed by atoms with van der Waals surface area (Å²) >= 11 is 0. The summed E-state index contributed by atoms with van der Waals surface area (Å²) in [6.45, 7) is 1.21. The van der Waals surface area contributed by atoms with E-state index in [1.54, 1.807) is 0 Å². The number of hydrogen-bond acceptors (Lipinski definition) is 3. The number of rotatable bonds is 2. The van der Waals surface area contributed by atoms with Crippen LogP contribution in [0.1, 0.15) is 6.42 Å². The van der Waals surface area contributed by atoms with E-state index >= 15 is 0 Å². The minimum atomic E-state index is -0.0833. The van der Waals surface area contributed by atoms with Crippen molar-refractivity contribution < 1.29 is 14.4 Å². The van der Waals surface area contributed by atoms with Crippen LogP contribution in [-0.4, -0.2) is 26.2 Å². The SMILES string of the molecule is CONC(=O)C1CCOC1. The van der Waals surface area contributed by atoms with Crippen molar-refractivity contribution >= 4 is 5.91 Å². The molecule has 1 atom stereocenters. The molecule has 1 amide bonds. The van der Waals surface area contributed by atoms with Crippen molar-refractivity contribution in [2.24, 2.45) is 5.92 Å². The van der Waals surface area contributed by atoms with Gasteiger partial charge in [-0.1, -0.05) is 0 Å². The van der Waals surface area contributed by atoms with Crippen molar-refractivity contribution in [3.63, 3.8) is 0 Å². The van der Waals surface area contributed by atoms with Gasteiger partial charge in [0.15, 0.2) is 0 Å². The van der Waals surface area contributed by atoms with Crippen molar-refractivity contribution in [1.82, 2.24) is 5.48 Å². The fraction of sp³-hybridized carbons (Fsp3) is 0.833. The maximum Gasteiger partial charge on any atom is 0.249 e. The Bertz CT molecular complexity index is 120. The molecule has 4 heteroatoms. The van der Waals surface area contributed by atoms with Crippen molar-refractivity contribution in [3.05, 3.63) is 0 Å². The van der Waals surface area contributed by atoms with E-state index in [-0.39, 0.29) is 11.8 Å². The molecule has 0 aromatic carbocycles. The van der Waals surface area contributed by atoms with Crippen molar-refractivity contribution in [2.75, 3.05) is 20.3 Å². The van der Waals surface area contributed by atoms with E-state index in [0.29, 0.717) is 13.2 Å². The van der Waals surface area contributed by atoms with Crippen LogP contribution in [0.25, 0.3) is 0 Å². The Kier molecular flexibility index (Phi) is 2.65. The van der Waals surface area contributed by atoms with E-state index in [4.69, 9.17) is 4.74 Å². The largest absolute Gasteiger partial charge is 0.381 e. The van der Waals surface area contributed by atoms with Crippen LogP contribution in [0.5, 0.6) is 0 Å². The Morgan fingerprint density at radius 1 is 1.80 bits per heavy atom. The van der Waals surface area contributed by atoms with Gasteiger partial charge in [0.1, 0.15) is 0 Å². The van der Waals surface area contributed by atoms with Gasteiger partial charge in [0, 0.05) is 6.61 Å². The van der Waals surface area contributed by atoms with E-state index in [9.17, 15) is 4.79 Å². The minimum absolute atomic E-state index is 0.0139. The normalized spacial score (nSPS) is 24.7. The summed E-state index contributed by atoms with van der Waals surface area (Å²) < 4.78 is 5.01. The lowest BCUT2D eigenvalue weighted by atomic mass is 10.1. The highest BCUT2D eigenvalue weighted by Crippen LogP contribution is 2.11. The van der Waals surface area contributed by atoms with E-state index < -0.39 is 0 Å². The zero-order chi connectivity index (χ0) is 7.40. The molecule has 1 heterocycles. The second kappa shape index (κ2) is 3.53. The second-order valence-corrected chi connectivity index (χ2v) is 2.23. The lowest BCUT2D eigenvalue weighted by Gasteiger charge is -2.05. The summed E-state index contributed by atoms with van der Waals surface area (Å²) in [7, 11) is 1.42. The average molecular weight is 145 g/mol. The predicted molar refractivity (Wildman–Crippen MR) is 34.1 cm³/mol. The Morgan fingerprint density at radius 2 is 2.60 bits per heavy atom. The van der Waals surface area contributed by atoms with Crippen molar-refractivity contribution in [3.8, 4) is 0 Å². The quantitative estimate of drug-likeness (QED) is 0.543. The first kappa shape index (κ1) is 7.50. The van der Waals surface area contributed by atoms with Crippen LogP contribution >= 0.6 is 0 Å². The number of carbonyl (C=O) groups is 1. The molecule has 10 heavy (non-hydrogen) atoms. The summed E-state index contributed by atoms with van der Waals surface area (Å²) in [6, 6.07) is 0. The van der Waals surface area contributed by atoms with Gasteiger partial charge in [-0.3, -0.25) is 9.63 Å². The van der Waals surface area contributed by atoms with Crippen LogP contribution in [0.2, 0.25) is 0 Å². The summed E-state index contributed by atoms with van der Waals surface area (Å²) in [5, 5.41) is 0. The van der Waals surface area contributed by atoms with E-state index in [0.717, 1.165) is 6.42 Å². The van der Waals surface area contributed by atoms with Crippen molar-refractivity contribution in [1.29, 1.82) is 0 Å². The zero-order valence-electron chi connectivity index (χ0n) is 5.92. The number of hydroxylamine groups is 1. The molecule has 1 aliphatic heterocycles. The molecule has 0 aliphatic carbocycles. The molecule has 4 nitrogen and oxygen atoms in total. The van der Waals surface area contributed by atoms with Gasteiger partial charge in [-0.25, -0.2) is 5.48 Å². The molecule has 1 aliphatic rings. The van der Waals surface area contributed by atoms with Gasteiger partial charge < -0.3 is 4.74 Å². The van der Waals surface area contributed by atoms with Crippen LogP contribution in [0.3, 0.4) is 0 Å². The van der Waals surface area contributed by atoms with Gasteiger partial charge in [-0.15, -0.1) is 0 Å². The molecule has 1 saturated heterocycles. The molecule has 1 rings (SSSR count). The molecule has 1 N–H and O–H groups in total. The predicted octanol–water partition coefficient (Wildman–Crippen LogP) is -0.300. The summed E-state index contributed by atoms with van der Waals surface area (Å²) in [5.41, 5.74) is 2.27. The number of carbonyl (C=O) groups excluding carboxylic acids is 1. The molecule has 58 valence electrons. The highest BCUT2D eigenvalue weighted by Gasteiger charge is 2.22. The summed E-state index contributed by atoms with van der Waals surface area (Å²) in [5.74, 6) is -0.0973. The molecule has 1 fully saturated rings. The Labute approximate surface area is 59.5 Å². The van der Waals surface area contributed by atoms with E-state index in [2.05, 4.69) is 10.3 Å². The summed E-state index contributed by atoms with van der Waals surface area (Å²) in [6.07, 6.45) is 0.801. The lowest BCUT2D eigenvalue weighted by Crippen LogP contribution is -2.29. The van der Waals surface area contributed by atoms with Gasteiger partial charge >= 0.3 is 0 Å². The molecule has 0 radical (unpaired) electrons. The van der Waals surface area contributed by atoms with Crippen LogP contribution < -0.4 is 5.48 Å². The van der Waals surface area contributed by atoms with Crippen LogP contribution in [0.15, 0.2) is 0 Å². The van der Waals surface area contributed by atoms with Gasteiger partial charge in [0.25, 0.3) is 0 Å². The fourth-order valence-corrected chi connectivity index (χ4v) is 0.925. The first-order valence-electron chi connectivity index (χ1n) is 3.25. The first-order chi connectivity index (χ1) is 4.84. The minimum Gasteiger partial charge on any atom is -0.381 e. The molecule has 0 saturated carbocycles. The topological polar surface area (TPSA) is 47.6 Å². The number of hydrogen-bond donors (Lipinski definition) is 1. The number of nitrogens with one attached hydrogen (secondary N) is 1. The maximum atomic E-state index is 10.9. The second-order valence-electron chi connectivity index (χ2n) is 2.23. The van der Waals surface area contributed by atoms with E-state index in [1.807, 2.05) is 0 Å². The number of ether oxygens (including phenoxy) is 1. The van der Waals surface area contributed by atoms with Gasteiger partial charge in [-0.05, 0) is 6.42 Å². The zero-order valence-corrected chi connectivity index (χ0v) is 5.92. The summed E-state index contributed by atoms with van der Waals surface area (Å²) in [4.78, 5) is 15.4. The maximum absolute atomic E-state index is 10.9. The highest BCUT2D eigenvalue weighted by molar-refractivity contribution is 5.77. The van der Waals surface area contributed by atoms with Gasteiger partial charge in [0.2, 0.25) is 5.91 Å². The lowest BCUT2D eigenvalue weighted by molar-refractivity contribution is -0.135. The molecule has 0 aromatic heterocycles. The van der Waals surface area contributed by atoms with E-state index in [1.165, 1.54) is 7.11 Å². The molecule has 0 aromatic rings. The molecule has 0 bridgehead atoms.